The Hall–Kier alpha value is -2.79. The number of β-amino-alcohol motifs (C(OH)–C–C–N with tert-alkyl or cyclic N) is 1. The second-order valence-corrected chi connectivity index (χ2v) is 9.52. The Morgan fingerprint density at radius 2 is 1.94 bits per heavy atom. The van der Waals surface area contributed by atoms with E-state index in [1.165, 1.54) is 6.20 Å². The number of aromatic amines is 1. The Labute approximate surface area is 207 Å². The molecule has 0 unspecified atom stereocenters. The molecule has 0 spiro atoms. The molecule has 35 heavy (non-hydrogen) atoms. The number of hydrogen-bond acceptors (Lipinski definition) is 7. The highest BCUT2D eigenvalue weighted by Crippen LogP contribution is 2.27. The summed E-state index contributed by atoms with van der Waals surface area (Å²) >= 11 is 6.60. The molecule has 1 amide bonds. The third-order valence-electron chi connectivity index (χ3n) is 7.17. The van der Waals surface area contributed by atoms with E-state index in [1.807, 2.05) is 6.92 Å². The highest BCUT2D eigenvalue weighted by molar-refractivity contribution is 6.34. The smallest absolute Gasteiger partial charge is 0.274 e. The monoisotopic (exact) mass is 500 g/mol. The molecule has 2 aliphatic rings. The lowest BCUT2D eigenvalue weighted by Gasteiger charge is -2.34. The molecule has 2 aliphatic heterocycles. The summed E-state index contributed by atoms with van der Waals surface area (Å²) < 4.78 is 1.57. The molecule has 186 valence electrons. The number of nitrogens with zero attached hydrogens (tertiary/aromatic N) is 5. The van der Waals surface area contributed by atoms with Gasteiger partial charge in [-0.25, -0.2) is 4.98 Å². The van der Waals surface area contributed by atoms with Crippen LogP contribution in [0.4, 0.5) is 0 Å². The molecule has 1 aromatic carbocycles. The number of nitrogens with one attached hydrogen (secondary N) is 1. The van der Waals surface area contributed by atoms with Crippen LogP contribution in [0.3, 0.4) is 0 Å². The summed E-state index contributed by atoms with van der Waals surface area (Å²) in [5.74, 6) is -0.127. The van der Waals surface area contributed by atoms with Crippen LogP contribution in [-0.2, 0) is 0 Å². The van der Waals surface area contributed by atoms with Gasteiger partial charge in [0.1, 0.15) is 5.52 Å². The first kappa shape index (κ1) is 23.9. The molecule has 5 rings (SSSR count). The van der Waals surface area contributed by atoms with Crippen molar-refractivity contribution < 1.29 is 14.7 Å². The van der Waals surface area contributed by atoms with E-state index < -0.39 is 0 Å². The van der Waals surface area contributed by atoms with Crippen LogP contribution < -0.4 is 5.56 Å². The van der Waals surface area contributed by atoms with E-state index >= 15 is 0 Å². The third kappa shape index (κ3) is 4.24. The predicted molar refractivity (Wildman–Crippen MR) is 132 cm³/mol. The Balaban J connectivity index is 1.53. The van der Waals surface area contributed by atoms with Crippen LogP contribution in [0.25, 0.3) is 16.6 Å². The van der Waals surface area contributed by atoms with Gasteiger partial charge in [0.05, 0.1) is 40.5 Å². The summed E-state index contributed by atoms with van der Waals surface area (Å²) in [6, 6.07) is 2.95. The van der Waals surface area contributed by atoms with E-state index in [9.17, 15) is 14.4 Å². The molecule has 11 heteroatoms. The van der Waals surface area contributed by atoms with Crippen molar-refractivity contribution in [2.45, 2.75) is 25.8 Å². The molecule has 3 aromatic rings. The molecule has 4 heterocycles. The highest BCUT2D eigenvalue weighted by atomic mass is 35.5. The van der Waals surface area contributed by atoms with E-state index in [4.69, 9.17) is 16.7 Å². The fraction of sp³-hybridized carbons (Fsp3) is 0.500. The zero-order chi connectivity index (χ0) is 24.7. The first-order valence-electron chi connectivity index (χ1n) is 12.1. The number of benzene rings is 1. The van der Waals surface area contributed by atoms with Gasteiger partial charge in [0.25, 0.3) is 11.5 Å². The van der Waals surface area contributed by atoms with Gasteiger partial charge in [-0.05, 0) is 38.1 Å². The Morgan fingerprint density at radius 3 is 2.66 bits per heavy atom. The van der Waals surface area contributed by atoms with Gasteiger partial charge in [-0.3, -0.25) is 28.6 Å². The zero-order valence-corrected chi connectivity index (χ0v) is 20.4. The van der Waals surface area contributed by atoms with Gasteiger partial charge < -0.3 is 15.0 Å². The normalized spacial score (nSPS) is 19.7. The minimum absolute atomic E-state index is 0.0856. The van der Waals surface area contributed by atoms with Gasteiger partial charge in [-0.15, -0.1) is 0 Å². The summed E-state index contributed by atoms with van der Waals surface area (Å²) in [4.78, 5) is 52.6. The number of H-pyrrole nitrogens is 1. The van der Waals surface area contributed by atoms with Gasteiger partial charge >= 0.3 is 0 Å². The van der Waals surface area contributed by atoms with Crippen LogP contribution in [0, 0.1) is 0 Å². The minimum Gasteiger partial charge on any atom is -0.395 e. The van der Waals surface area contributed by atoms with Crippen molar-refractivity contribution in [3.8, 4) is 0 Å². The van der Waals surface area contributed by atoms with Crippen LogP contribution in [0.5, 0.6) is 0 Å². The summed E-state index contributed by atoms with van der Waals surface area (Å²) in [5, 5.41) is 9.38. The lowest BCUT2D eigenvalue weighted by Crippen LogP contribution is -2.49. The SMILES string of the molecule is CCN1CCC[C@H]1C(=O)c1ncc2c(=O)[nH]c3cc(C(=O)N4CCN(CCO)CC4)c(Cl)cc3n12. The second kappa shape index (κ2) is 9.69. The first-order chi connectivity index (χ1) is 16.9. The van der Waals surface area contributed by atoms with Crippen molar-refractivity contribution in [3.05, 3.63) is 45.1 Å². The van der Waals surface area contributed by atoms with Gasteiger partial charge in [0.2, 0.25) is 5.78 Å². The quantitative estimate of drug-likeness (QED) is 0.489. The van der Waals surface area contributed by atoms with Gasteiger partial charge in [0.15, 0.2) is 5.82 Å². The average Bonchev–Trinajstić information content (AvgIpc) is 3.52. The van der Waals surface area contributed by atoms with Crippen molar-refractivity contribution in [3.63, 3.8) is 0 Å². The van der Waals surface area contributed by atoms with Crippen LogP contribution in [0.1, 0.15) is 40.7 Å². The molecule has 2 N–H and O–H groups in total. The van der Waals surface area contributed by atoms with E-state index in [0.29, 0.717) is 49.3 Å². The number of fused-ring (bicyclic) bond motifs is 3. The number of piperazine rings is 1. The van der Waals surface area contributed by atoms with Gasteiger partial charge in [-0.2, -0.15) is 0 Å². The maximum atomic E-state index is 13.4. The summed E-state index contributed by atoms with van der Waals surface area (Å²) in [7, 11) is 0. The van der Waals surface area contributed by atoms with E-state index in [1.54, 1.807) is 21.4 Å². The molecule has 0 radical (unpaired) electrons. The maximum absolute atomic E-state index is 13.4. The number of aromatic nitrogens is 3. The van der Waals surface area contributed by atoms with E-state index in [0.717, 1.165) is 25.9 Å². The molecular formula is C24H29ClN6O4. The molecule has 1 atom stereocenters. The Morgan fingerprint density at radius 1 is 1.17 bits per heavy atom. The van der Waals surface area contributed by atoms with Crippen molar-refractivity contribution in [1.29, 1.82) is 0 Å². The molecule has 2 saturated heterocycles. The molecule has 0 bridgehead atoms. The number of imidazole rings is 1. The Bertz CT molecular complexity index is 1340. The maximum Gasteiger partial charge on any atom is 0.274 e. The topological polar surface area (TPSA) is 114 Å². The van der Waals surface area contributed by atoms with Crippen LogP contribution in [0.15, 0.2) is 23.1 Å². The first-order valence-corrected chi connectivity index (χ1v) is 12.4. The number of aliphatic hydroxyl groups is 1. The lowest BCUT2D eigenvalue weighted by atomic mass is 10.1. The van der Waals surface area contributed by atoms with Gasteiger partial charge in [-0.1, -0.05) is 18.5 Å². The number of aliphatic hydroxyl groups excluding tert-OH is 1. The molecule has 2 aromatic heterocycles. The average molecular weight is 501 g/mol. The number of likely N-dealkylation sites (tertiary alicyclic amines) is 1. The minimum atomic E-state index is -0.388. The van der Waals surface area contributed by atoms with Crippen LogP contribution in [-0.4, -0.2) is 104 Å². The van der Waals surface area contributed by atoms with E-state index in [2.05, 4.69) is 19.8 Å². The fourth-order valence-corrected chi connectivity index (χ4v) is 5.50. The predicted octanol–water partition coefficient (Wildman–Crippen LogP) is 1.25. The number of hydrogen-bond donors (Lipinski definition) is 2. The number of amides is 1. The fourth-order valence-electron chi connectivity index (χ4n) is 5.26. The van der Waals surface area contributed by atoms with E-state index in [-0.39, 0.29) is 46.3 Å². The van der Waals surface area contributed by atoms with Crippen molar-refractivity contribution in [2.75, 3.05) is 52.4 Å². The number of likely N-dealkylation sites (N-methyl/N-ethyl adjacent to an activating group) is 1. The standard InChI is InChI=1S/C24H29ClN6O4/c1-2-29-5-3-4-18(29)21(33)22-26-14-20-23(34)27-17-12-15(16(25)13-19(17)31(20)22)24(35)30-8-6-28(7-9-30)10-11-32/h12-14,18,32H,2-11H2,1H3,(H,27,34)/t18-/m0/s1. The summed E-state index contributed by atoms with van der Waals surface area (Å²) in [5.41, 5.74) is 1.11. The zero-order valence-electron chi connectivity index (χ0n) is 19.7. The molecule has 10 nitrogen and oxygen atoms in total. The number of halogens is 1. The third-order valence-corrected chi connectivity index (χ3v) is 7.48. The second-order valence-electron chi connectivity index (χ2n) is 9.11. The lowest BCUT2D eigenvalue weighted by molar-refractivity contribution is 0.0615. The number of carbonyl (C=O) groups excluding carboxylic acids is 2. The highest BCUT2D eigenvalue weighted by Gasteiger charge is 2.33. The molecule has 2 fully saturated rings. The van der Waals surface area contributed by atoms with Crippen LogP contribution >= 0.6 is 11.6 Å². The molecule has 0 aliphatic carbocycles. The number of ketones is 1. The number of rotatable bonds is 6. The summed E-state index contributed by atoms with van der Waals surface area (Å²) in [6.07, 6.45) is 3.11. The summed E-state index contributed by atoms with van der Waals surface area (Å²) in [6.45, 7) is 6.73. The molecule has 0 saturated carbocycles. The van der Waals surface area contributed by atoms with Crippen LogP contribution in [0.2, 0.25) is 5.02 Å². The largest absolute Gasteiger partial charge is 0.395 e. The van der Waals surface area contributed by atoms with Crippen molar-refractivity contribution in [1.82, 2.24) is 29.1 Å². The van der Waals surface area contributed by atoms with Crippen molar-refractivity contribution in [2.24, 2.45) is 0 Å². The molecular weight excluding hydrogens is 472 g/mol. The van der Waals surface area contributed by atoms with Gasteiger partial charge in [0, 0.05) is 32.7 Å². The number of Topliss-reactive ketones (excluding diaryl/α,β-unsaturated/α-hetero) is 1. The Kier molecular flexibility index (Phi) is 6.63. The van der Waals surface area contributed by atoms with Crippen molar-refractivity contribution >= 4 is 39.8 Å². The number of carbonyl (C=O) groups is 2.